The number of hydrogen-bond donors (Lipinski definition) is 2. The Hall–Kier alpha value is -1.17. The molecule has 0 aliphatic carbocycles. The Morgan fingerprint density at radius 3 is 2.94 bits per heavy atom. The van der Waals surface area contributed by atoms with Crippen molar-refractivity contribution in [3.63, 3.8) is 0 Å². The molecule has 4 nitrogen and oxygen atoms in total. The van der Waals surface area contributed by atoms with Crippen molar-refractivity contribution in [3.05, 3.63) is 28.0 Å². The standard InChI is InChI=1S/C13H19NO3S/c1-10(15)5-7-14(2)9-12-11(6-8-18-12)3-4-13(16)17/h3-4,6,8,10,15H,5,7,9H2,1-2H3,(H,16,17)/b4-3+. The molecule has 0 aliphatic rings. The van der Waals surface area contributed by atoms with Crippen molar-refractivity contribution in [3.8, 4) is 0 Å². The SMILES string of the molecule is CC(O)CCN(C)Cc1sccc1/C=C/C(=O)O. The predicted molar refractivity (Wildman–Crippen MR) is 73.6 cm³/mol. The van der Waals surface area contributed by atoms with Crippen LogP contribution in [0.15, 0.2) is 17.5 Å². The van der Waals surface area contributed by atoms with E-state index in [9.17, 15) is 9.90 Å². The Morgan fingerprint density at radius 1 is 1.61 bits per heavy atom. The highest BCUT2D eigenvalue weighted by atomic mass is 32.1. The van der Waals surface area contributed by atoms with Crippen molar-refractivity contribution in [2.45, 2.75) is 26.0 Å². The number of aliphatic hydroxyl groups excluding tert-OH is 1. The molecule has 5 heteroatoms. The number of thiophene rings is 1. The van der Waals surface area contributed by atoms with E-state index in [1.165, 1.54) is 0 Å². The van der Waals surface area contributed by atoms with Gasteiger partial charge in [-0.25, -0.2) is 4.79 Å². The molecular weight excluding hydrogens is 250 g/mol. The summed E-state index contributed by atoms with van der Waals surface area (Å²) >= 11 is 1.62. The van der Waals surface area contributed by atoms with E-state index in [0.717, 1.165) is 36.0 Å². The van der Waals surface area contributed by atoms with Crippen molar-refractivity contribution < 1.29 is 15.0 Å². The third kappa shape index (κ3) is 5.44. The summed E-state index contributed by atoms with van der Waals surface area (Å²) < 4.78 is 0. The molecule has 0 aromatic carbocycles. The monoisotopic (exact) mass is 269 g/mol. The minimum absolute atomic E-state index is 0.290. The number of nitrogens with zero attached hydrogens (tertiary/aromatic N) is 1. The Labute approximate surface area is 111 Å². The third-order valence-electron chi connectivity index (χ3n) is 2.53. The lowest BCUT2D eigenvalue weighted by molar-refractivity contribution is -0.131. The molecular formula is C13H19NO3S. The molecule has 1 atom stereocenters. The summed E-state index contributed by atoms with van der Waals surface area (Å²) in [6.45, 7) is 3.36. The van der Waals surface area contributed by atoms with Gasteiger partial charge in [-0.05, 0) is 43.5 Å². The fourth-order valence-electron chi connectivity index (χ4n) is 1.52. The summed E-state index contributed by atoms with van der Waals surface area (Å²) in [6, 6.07) is 1.92. The maximum Gasteiger partial charge on any atom is 0.328 e. The van der Waals surface area contributed by atoms with Gasteiger partial charge in [0.15, 0.2) is 0 Å². The van der Waals surface area contributed by atoms with Crippen molar-refractivity contribution >= 4 is 23.4 Å². The summed E-state index contributed by atoms with van der Waals surface area (Å²) in [7, 11) is 1.99. The topological polar surface area (TPSA) is 60.8 Å². The average molecular weight is 269 g/mol. The lowest BCUT2D eigenvalue weighted by atomic mass is 10.2. The van der Waals surface area contributed by atoms with Crippen molar-refractivity contribution in [1.82, 2.24) is 4.90 Å². The van der Waals surface area contributed by atoms with Crippen LogP contribution in [0.2, 0.25) is 0 Å². The first-order valence-corrected chi connectivity index (χ1v) is 6.71. The molecule has 1 aromatic rings. The predicted octanol–water partition coefficient (Wildman–Crippen LogP) is 2.05. The second-order valence-electron chi connectivity index (χ2n) is 4.35. The van der Waals surface area contributed by atoms with E-state index in [2.05, 4.69) is 4.90 Å². The first-order valence-electron chi connectivity index (χ1n) is 5.83. The van der Waals surface area contributed by atoms with E-state index in [1.807, 2.05) is 18.5 Å². The minimum Gasteiger partial charge on any atom is -0.478 e. The normalized spacial score (nSPS) is 13.3. The van der Waals surface area contributed by atoms with Gasteiger partial charge in [0.05, 0.1) is 6.10 Å². The zero-order valence-electron chi connectivity index (χ0n) is 10.7. The number of hydrogen-bond acceptors (Lipinski definition) is 4. The molecule has 0 saturated heterocycles. The fraction of sp³-hybridized carbons (Fsp3) is 0.462. The minimum atomic E-state index is -0.936. The zero-order valence-corrected chi connectivity index (χ0v) is 11.5. The van der Waals surface area contributed by atoms with Gasteiger partial charge in [0.1, 0.15) is 0 Å². The van der Waals surface area contributed by atoms with Crippen LogP contribution < -0.4 is 0 Å². The van der Waals surface area contributed by atoms with Crippen molar-refractivity contribution in [2.75, 3.05) is 13.6 Å². The number of carbonyl (C=O) groups is 1. The van der Waals surface area contributed by atoms with Crippen LogP contribution in [0.1, 0.15) is 23.8 Å². The van der Waals surface area contributed by atoms with Gasteiger partial charge in [-0.3, -0.25) is 0 Å². The van der Waals surface area contributed by atoms with Crippen LogP contribution in [0.4, 0.5) is 0 Å². The molecule has 1 aromatic heterocycles. The molecule has 0 fully saturated rings. The van der Waals surface area contributed by atoms with Gasteiger partial charge in [-0.15, -0.1) is 11.3 Å². The van der Waals surface area contributed by atoms with Gasteiger partial charge < -0.3 is 15.1 Å². The van der Waals surface area contributed by atoms with E-state index in [0.29, 0.717) is 0 Å². The Balaban J connectivity index is 2.56. The van der Waals surface area contributed by atoms with Crippen molar-refractivity contribution in [1.29, 1.82) is 0 Å². The summed E-state index contributed by atoms with van der Waals surface area (Å²) in [5.41, 5.74) is 0.950. The maximum atomic E-state index is 10.5. The zero-order chi connectivity index (χ0) is 13.5. The van der Waals surface area contributed by atoms with Crippen LogP contribution in [0.25, 0.3) is 6.08 Å². The molecule has 0 bridgehead atoms. The Kier molecular flexibility index (Phi) is 6.04. The molecule has 2 N–H and O–H groups in total. The largest absolute Gasteiger partial charge is 0.478 e. The molecule has 0 amide bonds. The molecule has 1 rings (SSSR count). The van der Waals surface area contributed by atoms with Crippen molar-refractivity contribution in [2.24, 2.45) is 0 Å². The first-order chi connectivity index (χ1) is 8.49. The molecule has 0 saturated carbocycles. The van der Waals surface area contributed by atoms with Gasteiger partial charge >= 0.3 is 5.97 Å². The van der Waals surface area contributed by atoms with E-state index in [4.69, 9.17) is 5.11 Å². The van der Waals surface area contributed by atoms with Gasteiger partial charge in [-0.2, -0.15) is 0 Å². The third-order valence-corrected chi connectivity index (χ3v) is 3.45. The Morgan fingerprint density at radius 2 is 2.33 bits per heavy atom. The molecule has 100 valence electrons. The van der Waals surface area contributed by atoms with Crippen LogP contribution in [0.5, 0.6) is 0 Å². The fourth-order valence-corrected chi connectivity index (χ4v) is 2.47. The lowest BCUT2D eigenvalue weighted by Crippen LogP contribution is -2.21. The van der Waals surface area contributed by atoms with E-state index < -0.39 is 5.97 Å². The molecule has 1 heterocycles. The van der Waals surface area contributed by atoms with E-state index in [1.54, 1.807) is 24.3 Å². The highest BCUT2D eigenvalue weighted by Gasteiger charge is 2.07. The molecule has 1 unspecified atom stereocenters. The summed E-state index contributed by atoms with van der Waals surface area (Å²) in [6.07, 6.45) is 3.22. The van der Waals surface area contributed by atoms with Gasteiger partial charge in [-0.1, -0.05) is 0 Å². The summed E-state index contributed by atoms with van der Waals surface area (Å²) in [4.78, 5) is 13.7. The number of carboxylic acids is 1. The summed E-state index contributed by atoms with van der Waals surface area (Å²) in [5.74, 6) is -0.936. The first kappa shape index (κ1) is 14.9. The lowest BCUT2D eigenvalue weighted by Gasteiger charge is -2.17. The van der Waals surface area contributed by atoms with Crippen LogP contribution in [0.3, 0.4) is 0 Å². The molecule has 18 heavy (non-hydrogen) atoms. The van der Waals surface area contributed by atoms with Gasteiger partial charge in [0.2, 0.25) is 0 Å². The average Bonchev–Trinajstić information content (AvgIpc) is 2.71. The number of aliphatic hydroxyl groups is 1. The molecule has 0 spiro atoms. The van der Waals surface area contributed by atoms with E-state index in [-0.39, 0.29) is 6.10 Å². The number of rotatable bonds is 7. The quantitative estimate of drug-likeness (QED) is 0.744. The smallest absolute Gasteiger partial charge is 0.328 e. The molecule has 0 aliphatic heterocycles. The second-order valence-corrected chi connectivity index (χ2v) is 5.35. The van der Waals surface area contributed by atoms with E-state index >= 15 is 0 Å². The number of carboxylic acid groups (broad SMARTS) is 1. The van der Waals surface area contributed by atoms with Crippen LogP contribution in [-0.2, 0) is 11.3 Å². The van der Waals surface area contributed by atoms with Crippen LogP contribution in [-0.4, -0.2) is 40.8 Å². The van der Waals surface area contributed by atoms with Crippen LogP contribution >= 0.6 is 11.3 Å². The Bertz CT molecular complexity index is 412. The highest BCUT2D eigenvalue weighted by Crippen LogP contribution is 2.20. The number of aliphatic carboxylic acids is 1. The summed E-state index contributed by atoms with van der Waals surface area (Å²) in [5, 5.41) is 19.8. The maximum absolute atomic E-state index is 10.5. The molecule has 0 radical (unpaired) electrons. The van der Waals surface area contributed by atoms with Crippen LogP contribution in [0, 0.1) is 0 Å². The highest BCUT2D eigenvalue weighted by molar-refractivity contribution is 7.10. The van der Waals surface area contributed by atoms with Gasteiger partial charge in [0, 0.05) is 24.0 Å². The second kappa shape index (κ2) is 7.31. The van der Waals surface area contributed by atoms with Gasteiger partial charge in [0.25, 0.3) is 0 Å².